The minimum Gasteiger partial charge on any atom is -0.671 e. The predicted molar refractivity (Wildman–Crippen MR) is 39.9 cm³/mol. The third-order valence-corrected chi connectivity index (χ3v) is 1.93. The molecule has 0 bridgehead atoms. The van der Waals surface area contributed by atoms with Crippen LogP contribution in [0.3, 0.4) is 0 Å². The van der Waals surface area contributed by atoms with E-state index in [-0.39, 0.29) is 38.8 Å². The SMILES string of the molecule is [CH2-]CC1CCC=CC1[NH-].[Y]. The molecule has 0 aliphatic heterocycles. The Labute approximate surface area is 88.3 Å². The van der Waals surface area contributed by atoms with Crippen molar-refractivity contribution in [1.29, 1.82) is 0 Å². The molecule has 1 rings (SSSR count). The molecule has 0 aromatic carbocycles. The first-order valence-electron chi connectivity index (χ1n) is 3.51. The molecule has 0 heterocycles. The summed E-state index contributed by atoms with van der Waals surface area (Å²) in [6.07, 6.45) is 7.31. The van der Waals surface area contributed by atoms with Crippen molar-refractivity contribution in [3.05, 3.63) is 24.8 Å². The van der Waals surface area contributed by atoms with Crippen LogP contribution in [0.2, 0.25) is 0 Å². The molecule has 0 saturated carbocycles. The fourth-order valence-electron chi connectivity index (χ4n) is 1.21. The molecule has 0 aromatic heterocycles. The van der Waals surface area contributed by atoms with Crippen LogP contribution in [0, 0.1) is 12.8 Å². The summed E-state index contributed by atoms with van der Waals surface area (Å²) in [7, 11) is 0. The summed E-state index contributed by atoms with van der Waals surface area (Å²) in [5.41, 5.74) is 7.50. The van der Waals surface area contributed by atoms with Crippen molar-refractivity contribution < 1.29 is 32.7 Å². The van der Waals surface area contributed by atoms with Gasteiger partial charge in [0.25, 0.3) is 0 Å². The van der Waals surface area contributed by atoms with Gasteiger partial charge in [0, 0.05) is 32.7 Å². The Kier molecular flexibility index (Phi) is 5.89. The van der Waals surface area contributed by atoms with E-state index in [1.54, 1.807) is 0 Å². The van der Waals surface area contributed by atoms with Crippen molar-refractivity contribution in [3.63, 3.8) is 0 Å². The quantitative estimate of drug-likeness (QED) is 0.471. The molecular weight excluding hydrogens is 199 g/mol. The largest absolute Gasteiger partial charge is 0.671 e. The molecule has 1 nitrogen and oxygen atoms in total. The molecule has 0 saturated heterocycles. The average Bonchev–Trinajstić information content (AvgIpc) is 1.89. The van der Waals surface area contributed by atoms with Gasteiger partial charge < -0.3 is 12.7 Å². The van der Waals surface area contributed by atoms with E-state index >= 15 is 0 Å². The predicted octanol–water partition coefficient (Wildman–Crippen LogP) is 2.60. The van der Waals surface area contributed by atoms with Crippen LogP contribution in [0.15, 0.2) is 12.2 Å². The molecule has 2 atom stereocenters. The number of nitrogens with one attached hydrogen (secondary N) is 1. The molecule has 1 aliphatic carbocycles. The first kappa shape index (κ1) is 10.8. The topological polar surface area (TPSA) is 23.8 Å². The third kappa shape index (κ3) is 2.81. The van der Waals surface area contributed by atoms with Crippen LogP contribution in [-0.4, -0.2) is 6.04 Å². The Balaban J connectivity index is 0.000000810. The third-order valence-electron chi connectivity index (χ3n) is 1.93. The minimum atomic E-state index is 0. The van der Waals surface area contributed by atoms with Crippen LogP contribution in [-0.2, 0) is 32.7 Å². The Bertz CT molecular complexity index is 112. The van der Waals surface area contributed by atoms with Gasteiger partial charge in [0.15, 0.2) is 0 Å². The maximum Gasteiger partial charge on any atom is 0 e. The molecule has 1 radical (unpaired) electrons. The molecule has 0 aromatic rings. The van der Waals surface area contributed by atoms with E-state index in [4.69, 9.17) is 5.73 Å². The van der Waals surface area contributed by atoms with Gasteiger partial charge in [-0.3, -0.25) is 0 Å². The summed E-state index contributed by atoms with van der Waals surface area (Å²) in [6, 6.07) is 0.0243. The van der Waals surface area contributed by atoms with E-state index in [1.807, 2.05) is 6.08 Å². The first-order chi connectivity index (χ1) is 4.34. The van der Waals surface area contributed by atoms with Crippen molar-refractivity contribution in [1.82, 2.24) is 0 Å². The molecular formula is C8H13NY-2. The molecule has 10 heavy (non-hydrogen) atoms. The van der Waals surface area contributed by atoms with Gasteiger partial charge in [-0.25, -0.2) is 0 Å². The van der Waals surface area contributed by atoms with E-state index in [9.17, 15) is 0 Å². The molecule has 2 unspecified atom stereocenters. The molecule has 1 N–H and O–H groups in total. The van der Waals surface area contributed by atoms with Crippen LogP contribution in [0.4, 0.5) is 0 Å². The molecule has 1 aliphatic rings. The first-order valence-corrected chi connectivity index (χ1v) is 3.51. The van der Waals surface area contributed by atoms with Crippen LogP contribution < -0.4 is 0 Å². The second kappa shape index (κ2) is 5.45. The molecule has 2 heteroatoms. The van der Waals surface area contributed by atoms with Gasteiger partial charge in [0.1, 0.15) is 0 Å². The summed E-state index contributed by atoms with van der Waals surface area (Å²) in [6.45, 7) is 3.81. The summed E-state index contributed by atoms with van der Waals surface area (Å²) in [5.74, 6) is 0.523. The number of hydrogen-bond acceptors (Lipinski definition) is 0. The van der Waals surface area contributed by atoms with E-state index in [1.165, 1.54) is 0 Å². The fourth-order valence-corrected chi connectivity index (χ4v) is 1.21. The average molecular weight is 212 g/mol. The van der Waals surface area contributed by atoms with Gasteiger partial charge in [-0.05, 0) is 6.42 Å². The van der Waals surface area contributed by atoms with Crippen molar-refractivity contribution >= 4 is 0 Å². The molecule has 0 fully saturated rings. The van der Waals surface area contributed by atoms with Gasteiger partial charge in [-0.1, -0.05) is 18.4 Å². The summed E-state index contributed by atoms with van der Waals surface area (Å²) in [4.78, 5) is 0. The monoisotopic (exact) mass is 212 g/mol. The maximum absolute atomic E-state index is 7.50. The van der Waals surface area contributed by atoms with Gasteiger partial charge >= 0.3 is 0 Å². The fraction of sp³-hybridized carbons (Fsp3) is 0.625. The van der Waals surface area contributed by atoms with Crippen molar-refractivity contribution in [2.45, 2.75) is 25.3 Å². The Hall–Kier alpha value is 0.804. The van der Waals surface area contributed by atoms with Crippen LogP contribution in [0.25, 0.3) is 5.73 Å². The Morgan fingerprint density at radius 2 is 2.30 bits per heavy atom. The van der Waals surface area contributed by atoms with E-state index in [0.717, 1.165) is 19.3 Å². The number of hydrogen-bond donors (Lipinski definition) is 0. The van der Waals surface area contributed by atoms with Crippen molar-refractivity contribution in [2.24, 2.45) is 5.92 Å². The zero-order valence-electron chi connectivity index (χ0n) is 6.22. The Morgan fingerprint density at radius 3 is 2.70 bits per heavy atom. The molecule has 55 valence electrons. The number of rotatable bonds is 1. The second-order valence-electron chi connectivity index (χ2n) is 2.58. The van der Waals surface area contributed by atoms with E-state index in [2.05, 4.69) is 13.0 Å². The van der Waals surface area contributed by atoms with Crippen molar-refractivity contribution in [2.75, 3.05) is 0 Å². The smallest absolute Gasteiger partial charge is 0 e. The van der Waals surface area contributed by atoms with Crippen molar-refractivity contribution in [3.8, 4) is 0 Å². The normalized spacial score (nSPS) is 31.4. The molecule has 0 amide bonds. The van der Waals surface area contributed by atoms with Gasteiger partial charge in [0.2, 0.25) is 0 Å². The summed E-state index contributed by atoms with van der Waals surface area (Å²) < 4.78 is 0. The zero-order chi connectivity index (χ0) is 6.69. The van der Waals surface area contributed by atoms with Gasteiger partial charge in [-0.15, -0.1) is 12.1 Å². The Morgan fingerprint density at radius 1 is 1.60 bits per heavy atom. The zero-order valence-corrected chi connectivity index (χ0v) is 9.05. The second-order valence-corrected chi connectivity index (χ2v) is 2.58. The van der Waals surface area contributed by atoms with Gasteiger partial charge in [0.05, 0.1) is 0 Å². The summed E-state index contributed by atoms with van der Waals surface area (Å²) >= 11 is 0. The van der Waals surface area contributed by atoms with Crippen LogP contribution >= 0.6 is 0 Å². The maximum atomic E-state index is 7.50. The van der Waals surface area contributed by atoms with E-state index < -0.39 is 0 Å². The van der Waals surface area contributed by atoms with Crippen LogP contribution in [0.1, 0.15) is 19.3 Å². The minimum absolute atomic E-state index is 0. The van der Waals surface area contributed by atoms with Gasteiger partial charge in [-0.2, -0.15) is 6.42 Å². The standard InChI is InChI=1S/C8H13N.Y/c1-2-7-5-3-4-6-8(7)9;/h4,6-9H,1-3,5H2;/q-2;. The molecule has 0 spiro atoms. The summed E-state index contributed by atoms with van der Waals surface area (Å²) in [5, 5.41) is 0. The number of allylic oxidation sites excluding steroid dienone is 1. The van der Waals surface area contributed by atoms with Crippen LogP contribution in [0.5, 0.6) is 0 Å². The van der Waals surface area contributed by atoms with E-state index in [0.29, 0.717) is 5.92 Å².